The molecule has 1 saturated heterocycles. The number of amides is 4. The lowest BCUT2D eigenvalue weighted by atomic mass is 9.95. The quantitative estimate of drug-likeness (QED) is 0.433. The fourth-order valence-electron chi connectivity index (χ4n) is 4.35. The maximum atomic E-state index is 13.2. The Hall–Kier alpha value is -2.85. The minimum absolute atomic E-state index is 0.0166. The zero-order valence-electron chi connectivity index (χ0n) is 20.4. The molecule has 2 aliphatic heterocycles. The van der Waals surface area contributed by atoms with Gasteiger partial charge in [0.1, 0.15) is 0 Å². The average Bonchev–Trinajstić information content (AvgIpc) is 3.30. The van der Waals surface area contributed by atoms with Crippen LogP contribution in [0, 0.1) is 0 Å². The van der Waals surface area contributed by atoms with Gasteiger partial charge >= 0.3 is 18.0 Å². The molecule has 0 bridgehead atoms. The number of urea groups is 2. The van der Waals surface area contributed by atoms with Gasteiger partial charge in [0.25, 0.3) is 0 Å². The Morgan fingerprint density at radius 3 is 2.74 bits per heavy atom. The maximum Gasteiger partial charge on any atom is 0.338 e. The second-order valence-electron chi connectivity index (χ2n) is 8.80. The van der Waals surface area contributed by atoms with Crippen molar-refractivity contribution in [1.29, 1.82) is 0 Å². The number of hydrogen-bond acceptors (Lipinski definition) is 6. The SMILES string of the molecule is C=CCN1C(=O)N[C@@H](c2ccsc2)C(C(=O)OCC)=C1CN1CCN(C(=O)NC(C)C)[C@H](C)C1. The van der Waals surface area contributed by atoms with E-state index in [0.29, 0.717) is 37.4 Å². The number of carbonyl (C=O) groups excluding carboxylic acids is 3. The van der Waals surface area contributed by atoms with E-state index in [4.69, 9.17) is 4.74 Å². The molecule has 186 valence electrons. The summed E-state index contributed by atoms with van der Waals surface area (Å²) in [7, 11) is 0. The summed E-state index contributed by atoms with van der Waals surface area (Å²) in [4.78, 5) is 44.4. The monoisotopic (exact) mass is 489 g/mol. The van der Waals surface area contributed by atoms with Crippen LogP contribution in [0.2, 0.25) is 0 Å². The largest absolute Gasteiger partial charge is 0.463 e. The molecule has 0 aliphatic carbocycles. The smallest absolute Gasteiger partial charge is 0.338 e. The van der Waals surface area contributed by atoms with Gasteiger partial charge in [0, 0.05) is 50.5 Å². The number of piperazine rings is 1. The van der Waals surface area contributed by atoms with E-state index in [1.54, 1.807) is 17.9 Å². The minimum atomic E-state index is -0.579. The second-order valence-corrected chi connectivity index (χ2v) is 9.58. The Kier molecular flexibility index (Phi) is 8.73. The molecule has 2 aliphatic rings. The molecule has 10 heteroatoms. The van der Waals surface area contributed by atoms with Gasteiger partial charge in [0.15, 0.2) is 0 Å². The lowest BCUT2D eigenvalue weighted by Gasteiger charge is -2.42. The van der Waals surface area contributed by atoms with Crippen LogP contribution >= 0.6 is 11.3 Å². The van der Waals surface area contributed by atoms with Gasteiger partial charge in [-0.25, -0.2) is 14.4 Å². The lowest BCUT2D eigenvalue weighted by Crippen LogP contribution is -2.58. The van der Waals surface area contributed by atoms with Crippen molar-refractivity contribution in [1.82, 2.24) is 25.3 Å². The highest BCUT2D eigenvalue weighted by molar-refractivity contribution is 7.08. The van der Waals surface area contributed by atoms with E-state index >= 15 is 0 Å². The highest BCUT2D eigenvalue weighted by atomic mass is 32.1. The van der Waals surface area contributed by atoms with Crippen LogP contribution < -0.4 is 10.6 Å². The van der Waals surface area contributed by atoms with Crippen LogP contribution in [0.3, 0.4) is 0 Å². The highest BCUT2D eigenvalue weighted by Crippen LogP contribution is 2.33. The van der Waals surface area contributed by atoms with Gasteiger partial charge in [0.05, 0.1) is 18.2 Å². The Bertz CT molecular complexity index is 930. The normalized spacial score (nSPS) is 21.5. The van der Waals surface area contributed by atoms with Crippen molar-refractivity contribution in [2.75, 3.05) is 39.3 Å². The Balaban J connectivity index is 1.92. The maximum absolute atomic E-state index is 13.2. The summed E-state index contributed by atoms with van der Waals surface area (Å²) in [5.74, 6) is -0.439. The fourth-order valence-corrected chi connectivity index (χ4v) is 5.04. The van der Waals surface area contributed by atoms with Crippen molar-refractivity contribution in [3.8, 4) is 0 Å². The number of ether oxygens (including phenoxy) is 1. The Labute approximate surface area is 205 Å². The molecular weight excluding hydrogens is 454 g/mol. The van der Waals surface area contributed by atoms with E-state index in [1.165, 1.54) is 11.3 Å². The first-order valence-electron chi connectivity index (χ1n) is 11.7. The van der Waals surface area contributed by atoms with Crippen LogP contribution in [-0.4, -0.2) is 84.1 Å². The van der Waals surface area contributed by atoms with E-state index in [0.717, 1.165) is 5.56 Å². The van der Waals surface area contributed by atoms with Crippen molar-refractivity contribution >= 4 is 29.4 Å². The summed E-state index contributed by atoms with van der Waals surface area (Å²) < 4.78 is 5.42. The number of rotatable bonds is 8. The van der Waals surface area contributed by atoms with Gasteiger partial charge in [-0.3, -0.25) is 9.80 Å². The summed E-state index contributed by atoms with van der Waals surface area (Å²) in [6.45, 7) is 14.1. The van der Waals surface area contributed by atoms with E-state index in [-0.39, 0.29) is 37.3 Å². The molecule has 0 unspecified atom stereocenters. The van der Waals surface area contributed by atoms with Crippen molar-refractivity contribution in [3.63, 3.8) is 0 Å². The third kappa shape index (κ3) is 5.79. The van der Waals surface area contributed by atoms with Gasteiger partial charge in [-0.05, 0) is 50.1 Å². The van der Waals surface area contributed by atoms with Gasteiger partial charge < -0.3 is 20.3 Å². The van der Waals surface area contributed by atoms with Crippen LogP contribution in [0.1, 0.15) is 39.3 Å². The molecule has 1 fully saturated rings. The molecule has 2 atom stereocenters. The minimum Gasteiger partial charge on any atom is -0.463 e. The molecule has 4 amide bonds. The average molecular weight is 490 g/mol. The van der Waals surface area contributed by atoms with Crippen LogP contribution in [-0.2, 0) is 9.53 Å². The zero-order chi connectivity index (χ0) is 24.8. The molecule has 0 aromatic carbocycles. The van der Waals surface area contributed by atoms with Gasteiger partial charge in [-0.2, -0.15) is 11.3 Å². The molecular formula is C24H35N5O4S. The van der Waals surface area contributed by atoms with Crippen LogP contribution in [0.5, 0.6) is 0 Å². The van der Waals surface area contributed by atoms with Crippen molar-refractivity contribution in [3.05, 3.63) is 46.3 Å². The molecule has 0 radical (unpaired) electrons. The van der Waals surface area contributed by atoms with Gasteiger partial charge in [0.2, 0.25) is 0 Å². The number of nitrogens with zero attached hydrogens (tertiary/aromatic N) is 3. The van der Waals surface area contributed by atoms with Crippen molar-refractivity contribution < 1.29 is 19.1 Å². The molecule has 3 heterocycles. The van der Waals surface area contributed by atoms with E-state index < -0.39 is 12.0 Å². The number of esters is 1. The topological polar surface area (TPSA) is 94.2 Å². The Morgan fingerprint density at radius 2 is 2.15 bits per heavy atom. The number of carbonyl (C=O) groups is 3. The molecule has 9 nitrogen and oxygen atoms in total. The fraction of sp³-hybridized carbons (Fsp3) is 0.542. The zero-order valence-corrected chi connectivity index (χ0v) is 21.2. The van der Waals surface area contributed by atoms with Crippen LogP contribution in [0.4, 0.5) is 9.59 Å². The van der Waals surface area contributed by atoms with Gasteiger partial charge in [-0.15, -0.1) is 6.58 Å². The number of hydrogen-bond donors (Lipinski definition) is 2. The standard InChI is InChI=1S/C24H35N5O4S/c1-6-9-29-19(14-27-10-11-28(17(5)13-27)23(31)25-16(3)4)20(22(30)33-7-2)21(26-24(29)32)18-8-12-34-15-18/h6,8,12,15-17,21H,1,7,9-11,13-14H2,2-5H3,(H,25,31)(H,26,32)/t17-,21+/m1/s1. The summed E-state index contributed by atoms with van der Waals surface area (Å²) >= 11 is 1.51. The predicted molar refractivity (Wildman–Crippen MR) is 132 cm³/mol. The van der Waals surface area contributed by atoms with Crippen molar-refractivity contribution in [2.24, 2.45) is 0 Å². The molecule has 34 heavy (non-hydrogen) atoms. The van der Waals surface area contributed by atoms with Crippen LogP contribution in [0.25, 0.3) is 0 Å². The van der Waals surface area contributed by atoms with E-state index in [2.05, 4.69) is 22.1 Å². The predicted octanol–water partition coefficient (Wildman–Crippen LogP) is 2.94. The highest BCUT2D eigenvalue weighted by Gasteiger charge is 2.39. The summed E-state index contributed by atoms with van der Waals surface area (Å²) in [5.41, 5.74) is 1.90. The molecule has 0 saturated carbocycles. The van der Waals surface area contributed by atoms with Gasteiger partial charge in [-0.1, -0.05) is 6.08 Å². The van der Waals surface area contributed by atoms with Crippen molar-refractivity contribution in [2.45, 2.75) is 45.8 Å². The first-order chi connectivity index (χ1) is 16.3. The van der Waals surface area contributed by atoms with Crippen LogP contribution in [0.15, 0.2) is 40.8 Å². The first-order valence-corrected chi connectivity index (χ1v) is 12.6. The number of thiophene rings is 1. The molecule has 3 rings (SSSR count). The molecule has 2 N–H and O–H groups in total. The molecule has 0 spiro atoms. The van der Waals surface area contributed by atoms with E-state index in [1.807, 2.05) is 42.5 Å². The Morgan fingerprint density at radius 1 is 1.38 bits per heavy atom. The second kappa shape index (κ2) is 11.5. The third-order valence-electron chi connectivity index (χ3n) is 5.88. The summed E-state index contributed by atoms with van der Waals surface area (Å²) in [6, 6.07) is 1.03. The molecule has 1 aromatic heterocycles. The lowest BCUT2D eigenvalue weighted by molar-refractivity contribution is -0.139. The number of nitrogens with one attached hydrogen (secondary N) is 2. The third-order valence-corrected chi connectivity index (χ3v) is 6.58. The summed E-state index contributed by atoms with van der Waals surface area (Å²) in [6.07, 6.45) is 1.64. The van der Waals surface area contributed by atoms with E-state index in [9.17, 15) is 14.4 Å². The summed E-state index contributed by atoms with van der Waals surface area (Å²) in [5, 5.41) is 9.77. The first kappa shape index (κ1) is 25.8. The molecule has 1 aromatic rings.